The molecule has 1 fully saturated rings. The molecule has 1 aliphatic heterocycles. The van der Waals surface area contributed by atoms with Crippen LogP contribution in [0, 0.1) is 5.92 Å². The van der Waals surface area contributed by atoms with Crippen molar-refractivity contribution < 1.29 is 9.53 Å². The summed E-state index contributed by atoms with van der Waals surface area (Å²) in [5.41, 5.74) is 1.04. The third-order valence-electron chi connectivity index (χ3n) is 3.73. The molecule has 1 aromatic rings. The second-order valence-corrected chi connectivity index (χ2v) is 5.20. The van der Waals surface area contributed by atoms with Crippen molar-refractivity contribution in [3.63, 3.8) is 0 Å². The minimum absolute atomic E-state index is 0.482. The third-order valence-corrected chi connectivity index (χ3v) is 3.73. The van der Waals surface area contributed by atoms with Crippen LogP contribution in [-0.2, 0) is 11.2 Å². The fourth-order valence-electron chi connectivity index (χ4n) is 2.55. The van der Waals surface area contributed by atoms with Crippen LogP contribution in [-0.4, -0.2) is 26.0 Å². The molecule has 1 saturated heterocycles. The molecule has 2 rings (SSSR count). The largest absolute Gasteiger partial charge is 0.494 e. The fraction of sp³-hybridized carbons (Fsp3) is 0.562. The van der Waals surface area contributed by atoms with Crippen molar-refractivity contribution in [2.24, 2.45) is 5.92 Å². The molecule has 0 spiro atoms. The molecule has 3 heteroatoms. The van der Waals surface area contributed by atoms with Crippen LogP contribution in [0.4, 0.5) is 0 Å². The normalized spacial score (nSPS) is 16.2. The van der Waals surface area contributed by atoms with Gasteiger partial charge in [-0.2, -0.15) is 0 Å². The van der Waals surface area contributed by atoms with Gasteiger partial charge in [0.25, 0.3) is 0 Å². The van der Waals surface area contributed by atoms with Gasteiger partial charge in [-0.1, -0.05) is 12.1 Å². The minimum atomic E-state index is 0.482. The molecule has 0 amide bonds. The number of benzene rings is 1. The lowest BCUT2D eigenvalue weighted by Gasteiger charge is -2.22. The number of rotatable bonds is 7. The molecule has 1 aromatic carbocycles. The third kappa shape index (κ3) is 5.03. The summed E-state index contributed by atoms with van der Waals surface area (Å²) in [5, 5.41) is 3.39. The predicted molar refractivity (Wildman–Crippen MR) is 76.5 cm³/mol. The Morgan fingerprint density at radius 2 is 1.95 bits per heavy atom. The molecular formula is C16H23NO2. The molecule has 0 unspecified atom stereocenters. The standard InChI is InChI=1S/C16H23NO2/c18-12-9-15-3-5-16(6-4-15)19-13-1-2-14-7-10-17-11-8-14/h3-6,12,14,17H,1-2,7-11,13H2. The summed E-state index contributed by atoms with van der Waals surface area (Å²) in [4.78, 5) is 10.4. The lowest BCUT2D eigenvalue weighted by atomic mass is 9.93. The highest BCUT2D eigenvalue weighted by atomic mass is 16.5. The van der Waals surface area contributed by atoms with Crippen LogP contribution >= 0.6 is 0 Å². The molecule has 1 N–H and O–H groups in total. The van der Waals surface area contributed by atoms with Crippen molar-refractivity contribution in [1.82, 2.24) is 5.32 Å². The van der Waals surface area contributed by atoms with Gasteiger partial charge in [0.05, 0.1) is 6.61 Å². The number of carbonyl (C=O) groups is 1. The van der Waals surface area contributed by atoms with Gasteiger partial charge < -0.3 is 14.8 Å². The number of hydrogen-bond acceptors (Lipinski definition) is 3. The van der Waals surface area contributed by atoms with Gasteiger partial charge in [-0.15, -0.1) is 0 Å². The Kier molecular flexibility index (Phi) is 5.89. The highest BCUT2D eigenvalue weighted by Gasteiger charge is 2.12. The van der Waals surface area contributed by atoms with Crippen LogP contribution in [0.15, 0.2) is 24.3 Å². The van der Waals surface area contributed by atoms with Gasteiger partial charge in [-0.25, -0.2) is 0 Å². The molecule has 1 aliphatic rings. The van der Waals surface area contributed by atoms with E-state index in [1.54, 1.807) is 0 Å². The fourth-order valence-corrected chi connectivity index (χ4v) is 2.55. The monoisotopic (exact) mass is 261 g/mol. The van der Waals surface area contributed by atoms with Crippen LogP contribution < -0.4 is 10.1 Å². The summed E-state index contributed by atoms with van der Waals surface area (Å²) in [6.45, 7) is 3.13. The van der Waals surface area contributed by atoms with E-state index >= 15 is 0 Å². The zero-order valence-electron chi connectivity index (χ0n) is 11.4. The van der Waals surface area contributed by atoms with Crippen LogP contribution in [0.1, 0.15) is 31.2 Å². The number of carbonyl (C=O) groups excluding carboxylic acids is 1. The Morgan fingerprint density at radius 3 is 2.63 bits per heavy atom. The minimum Gasteiger partial charge on any atom is -0.494 e. The quantitative estimate of drug-likeness (QED) is 0.605. The van der Waals surface area contributed by atoms with Gasteiger partial charge in [0.15, 0.2) is 0 Å². The first-order valence-corrected chi connectivity index (χ1v) is 7.24. The lowest BCUT2D eigenvalue weighted by Crippen LogP contribution is -2.27. The molecule has 0 saturated carbocycles. The van der Waals surface area contributed by atoms with E-state index in [0.29, 0.717) is 6.42 Å². The van der Waals surface area contributed by atoms with Crippen molar-refractivity contribution in [1.29, 1.82) is 0 Å². The molecule has 1 heterocycles. The van der Waals surface area contributed by atoms with Crippen molar-refractivity contribution in [2.45, 2.75) is 32.1 Å². The van der Waals surface area contributed by atoms with Gasteiger partial charge in [0.1, 0.15) is 12.0 Å². The number of aldehydes is 1. The first kappa shape index (κ1) is 14.1. The lowest BCUT2D eigenvalue weighted by molar-refractivity contribution is -0.107. The van der Waals surface area contributed by atoms with Crippen molar-refractivity contribution >= 4 is 6.29 Å². The van der Waals surface area contributed by atoms with E-state index in [9.17, 15) is 4.79 Å². The number of nitrogens with one attached hydrogen (secondary N) is 1. The van der Waals surface area contributed by atoms with Crippen molar-refractivity contribution in [3.8, 4) is 5.75 Å². The second-order valence-electron chi connectivity index (χ2n) is 5.20. The summed E-state index contributed by atoms with van der Waals surface area (Å²) >= 11 is 0. The Balaban J connectivity index is 1.63. The van der Waals surface area contributed by atoms with Gasteiger partial charge in [0.2, 0.25) is 0 Å². The molecule has 0 radical (unpaired) electrons. The number of piperidine rings is 1. The molecule has 0 aromatic heterocycles. The summed E-state index contributed by atoms with van der Waals surface area (Å²) in [6, 6.07) is 7.81. The van der Waals surface area contributed by atoms with E-state index in [1.807, 2.05) is 24.3 Å². The topological polar surface area (TPSA) is 38.3 Å². The van der Waals surface area contributed by atoms with Crippen LogP contribution in [0.3, 0.4) is 0 Å². The van der Waals surface area contributed by atoms with E-state index in [4.69, 9.17) is 4.74 Å². The molecule has 3 nitrogen and oxygen atoms in total. The Bertz CT molecular complexity index is 369. The van der Waals surface area contributed by atoms with E-state index in [0.717, 1.165) is 36.5 Å². The Hall–Kier alpha value is -1.35. The second kappa shape index (κ2) is 7.95. The molecule has 0 atom stereocenters. The summed E-state index contributed by atoms with van der Waals surface area (Å²) in [6.07, 6.45) is 6.41. The zero-order valence-corrected chi connectivity index (χ0v) is 11.4. The van der Waals surface area contributed by atoms with Gasteiger partial charge in [-0.05, 0) is 62.4 Å². The van der Waals surface area contributed by atoms with E-state index < -0.39 is 0 Å². The Morgan fingerprint density at radius 1 is 1.21 bits per heavy atom. The van der Waals surface area contributed by atoms with Gasteiger partial charge >= 0.3 is 0 Å². The van der Waals surface area contributed by atoms with Crippen LogP contribution in [0.5, 0.6) is 5.75 Å². The maximum Gasteiger partial charge on any atom is 0.124 e. The SMILES string of the molecule is O=CCc1ccc(OCCCC2CCNCC2)cc1. The predicted octanol–water partition coefficient (Wildman–Crippen LogP) is 2.59. The Labute approximate surface area is 115 Å². The van der Waals surface area contributed by atoms with Crippen LogP contribution in [0.2, 0.25) is 0 Å². The number of hydrogen-bond donors (Lipinski definition) is 1. The van der Waals surface area contributed by atoms with E-state index in [-0.39, 0.29) is 0 Å². The molecule has 0 bridgehead atoms. The number of ether oxygens (including phenoxy) is 1. The average Bonchev–Trinajstić information content (AvgIpc) is 2.47. The highest BCUT2D eigenvalue weighted by Crippen LogP contribution is 2.18. The van der Waals surface area contributed by atoms with Crippen molar-refractivity contribution in [2.75, 3.05) is 19.7 Å². The molecule has 19 heavy (non-hydrogen) atoms. The molecule has 104 valence electrons. The first-order chi connectivity index (χ1) is 9.38. The summed E-state index contributed by atoms with van der Waals surface area (Å²) in [5.74, 6) is 1.78. The van der Waals surface area contributed by atoms with Gasteiger partial charge in [0, 0.05) is 6.42 Å². The van der Waals surface area contributed by atoms with E-state index in [2.05, 4.69) is 5.32 Å². The van der Waals surface area contributed by atoms with Crippen LogP contribution in [0.25, 0.3) is 0 Å². The van der Waals surface area contributed by atoms with Gasteiger partial charge in [-0.3, -0.25) is 0 Å². The maximum absolute atomic E-state index is 10.4. The zero-order chi connectivity index (χ0) is 13.3. The maximum atomic E-state index is 10.4. The summed E-state index contributed by atoms with van der Waals surface area (Å²) in [7, 11) is 0. The van der Waals surface area contributed by atoms with Crippen molar-refractivity contribution in [3.05, 3.63) is 29.8 Å². The van der Waals surface area contributed by atoms with E-state index in [1.165, 1.54) is 32.4 Å². The summed E-state index contributed by atoms with van der Waals surface area (Å²) < 4.78 is 5.73. The molecule has 0 aliphatic carbocycles. The highest BCUT2D eigenvalue weighted by molar-refractivity contribution is 5.55. The first-order valence-electron chi connectivity index (χ1n) is 7.24. The smallest absolute Gasteiger partial charge is 0.124 e. The average molecular weight is 261 g/mol. The molecular weight excluding hydrogens is 238 g/mol.